The Morgan fingerprint density at radius 2 is 0.836 bits per heavy atom. The third-order valence-corrected chi connectivity index (χ3v) is 12.8. The number of esters is 1. The molecule has 8 rings (SSSR count). The number of methoxy groups -OCH3 is 1. The first-order valence-electron chi connectivity index (χ1n) is 23.2. The number of ether oxygens (including phenoxy) is 1. The van der Waals surface area contributed by atoms with E-state index in [0.717, 1.165) is 33.4 Å². The molecule has 4 N–H and O–H groups in total. The molecule has 0 radical (unpaired) electrons. The van der Waals surface area contributed by atoms with Crippen molar-refractivity contribution in [3.05, 3.63) is 215 Å². The minimum Gasteiger partial charge on any atom is -0.870 e. The van der Waals surface area contributed by atoms with Crippen molar-refractivity contribution in [3.8, 4) is 23.7 Å². The molecule has 6 aromatic rings. The number of benzene rings is 6. The largest absolute Gasteiger partial charge is 1.00 e. The number of carboxylic acid groups (broad SMARTS) is 1. The molecule has 374 valence electrons. The van der Waals surface area contributed by atoms with Gasteiger partial charge in [0, 0.05) is 36.3 Å². The zero-order chi connectivity index (χ0) is 48.5. The number of aliphatic carboxylic acids is 1. The normalized spacial score (nSPS) is 16.4. The van der Waals surface area contributed by atoms with E-state index in [0.29, 0.717) is 39.0 Å². The van der Waals surface area contributed by atoms with Gasteiger partial charge in [0.15, 0.2) is 0 Å². The van der Waals surface area contributed by atoms with Crippen molar-refractivity contribution in [1.82, 2.24) is 19.6 Å². The fourth-order valence-corrected chi connectivity index (χ4v) is 9.05. The molecule has 0 aromatic heterocycles. The van der Waals surface area contributed by atoms with Crippen LogP contribution in [0.2, 0.25) is 0 Å². The van der Waals surface area contributed by atoms with Crippen LogP contribution in [0.5, 0.6) is 0 Å². The van der Waals surface area contributed by atoms with Gasteiger partial charge in [0.05, 0.1) is 32.0 Å². The quantitative estimate of drug-likeness (QED) is 0.106. The van der Waals surface area contributed by atoms with Crippen molar-refractivity contribution < 1.29 is 58.8 Å². The van der Waals surface area contributed by atoms with Crippen LogP contribution in [0, 0.1) is 23.7 Å². The average molecular weight is 977 g/mol. The van der Waals surface area contributed by atoms with Gasteiger partial charge in [0.1, 0.15) is 12.1 Å². The van der Waals surface area contributed by atoms with E-state index in [1.807, 2.05) is 201 Å². The van der Waals surface area contributed by atoms with Crippen molar-refractivity contribution in [1.29, 1.82) is 0 Å². The van der Waals surface area contributed by atoms with Crippen molar-refractivity contribution in [2.24, 2.45) is 0 Å². The molecule has 2 saturated heterocycles. The Balaban J connectivity index is 0.000000365. The summed E-state index contributed by atoms with van der Waals surface area (Å²) in [5.74, 6) is 10.0. The topological polar surface area (TPSA) is 172 Å². The number of hydrogen-bond acceptors (Lipinski definition) is 8. The third-order valence-electron chi connectivity index (χ3n) is 12.8. The number of likely N-dealkylation sites (N-methyl/N-ethyl adjacent to an activating group) is 2. The Morgan fingerprint density at radius 3 is 1.14 bits per heavy atom. The minimum absolute atomic E-state index is 0. The zero-order valence-corrected chi connectivity index (χ0v) is 41.3. The van der Waals surface area contributed by atoms with Crippen LogP contribution >= 0.6 is 0 Å². The van der Waals surface area contributed by atoms with Gasteiger partial charge in [-0.15, -0.1) is 0 Å². The van der Waals surface area contributed by atoms with Crippen LogP contribution in [0.1, 0.15) is 65.5 Å². The first-order chi connectivity index (χ1) is 33.6. The van der Waals surface area contributed by atoms with E-state index < -0.39 is 29.9 Å². The Labute approximate surface area is 442 Å². The first kappa shape index (κ1) is 60.1. The molecule has 0 saturated carbocycles. The standard InChI is InChI=1S/C30H30N2O3.C29H28N2O3.CH4.Li.2H2O/c1-31(20-12-15-23-13-6-3-7-14-23)26-21-27(30(34)35-2)32(22-26)29(33)28(24-16-8-4-9-17-24)25-18-10-5-11-19-25;1-30(19-11-14-22-12-5-2-6-13-22)25-20-26(29(33)34)31(21-25)28(32)27(23-15-7-3-8-16-23)24-17-9-4-10-18-24;;;;/h3-11,13-14,16-19,26-28H,20-22H2,1-2H3;2-10,12-13,15-18,25-27H,19-21H2,1H3,(H,33,34);1H4;;2*1H2/q;;;+1;;/p-1/t26-,27-;25-,26-;;;;/m00..../s1. The second-order valence-electron chi connectivity index (χ2n) is 17.3. The molecule has 2 amide bonds. The third kappa shape index (κ3) is 15.9. The fraction of sp³-hybridized carbons (Fsp3) is 0.267. The monoisotopic (exact) mass is 976 g/mol. The van der Waals surface area contributed by atoms with Gasteiger partial charge in [-0.25, -0.2) is 9.59 Å². The predicted octanol–water partition coefficient (Wildman–Crippen LogP) is 4.44. The number of carboxylic acids is 1. The van der Waals surface area contributed by atoms with Gasteiger partial charge < -0.3 is 30.6 Å². The van der Waals surface area contributed by atoms with Crippen LogP contribution in [0.3, 0.4) is 0 Å². The van der Waals surface area contributed by atoms with Gasteiger partial charge in [-0.05, 0) is 73.5 Å². The van der Waals surface area contributed by atoms with Gasteiger partial charge in [-0.2, -0.15) is 0 Å². The Hall–Kier alpha value is -7.24. The molecule has 12 nitrogen and oxygen atoms in total. The minimum atomic E-state index is -0.973. The van der Waals surface area contributed by atoms with Crippen LogP contribution in [-0.2, 0) is 23.9 Å². The number of nitrogens with zero attached hydrogens (tertiary/aromatic N) is 4. The second-order valence-corrected chi connectivity index (χ2v) is 17.3. The number of carbonyl (C=O) groups is 4. The number of likely N-dealkylation sites (tertiary alicyclic amines) is 2. The van der Waals surface area contributed by atoms with E-state index in [1.165, 1.54) is 7.11 Å². The summed E-state index contributed by atoms with van der Waals surface area (Å²) in [6, 6.07) is 56.6. The van der Waals surface area contributed by atoms with Crippen LogP contribution < -0.4 is 18.9 Å². The van der Waals surface area contributed by atoms with Crippen LogP contribution in [-0.4, -0.2) is 131 Å². The molecule has 2 aliphatic heterocycles. The maximum absolute atomic E-state index is 14.0. The number of amides is 2. The van der Waals surface area contributed by atoms with Crippen molar-refractivity contribution in [3.63, 3.8) is 0 Å². The summed E-state index contributed by atoms with van der Waals surface area (Å²) in [6.07, 6.45) is 0.888. The van der Waals surface area contributed by atoms with E-state index in [4.69, 9.17) is 4.74 Å². The molecule has 6 aromatic carbocycles. The summed E-state index contributed by atoms with van der Waals surface area (Å²) in [5.41, 5.74) is 5.42. The molecule has 2 aliphatic rings. The summed E-state index contributed by atoms with van der Waals surface area (Å²) in [5, 5.41) is 9.94. The zero-order valence-electron chi connectivity index (χ0n) is 41.3. The van der Waals surface area contributed by atoms with E-state index in [1.54, 1.807) is 9.80 Å². The van der Waals surface area contributed by atoms with E-state index in [2.05, 4.69) is 28.6 Å². The average Bonchev–Trinajstić information content (AvgIpc) is 4.06. The molecule has 0 unspecified atom stereocenters. The summed E-state index contributed by atoms with van der Waals surface area (Å²) in [7, 11) is 5.29. The van der Waals surface area contributed by atoms with Crippen LogP contribution in [0.25, 0.3) is 0 Å². The summed E-state index contributed by atoms with van der Waals surface area (Å²) < 4.78 is 5.09. The van der Waals surface area contributed by atoms with Crippen LogP contribution in [0.15, 0.2) is 182 Å². The molecule has 4 atom stereocenters. The van der Waals surface area contributed by atoms with Gasteiger partial charge in [-0.1, -0.05) is 189 Å². The number of carbonyl (C=O) groups excluding carboxylic acids is 3. The molecular weight excluding hydrogens is 912 g/mol. The van der Waals surface area contributed by atoms with Gasteiger partial charge in [0.2, 0.25) is 11.8 Å². The summed E-state index contributed by atoms with van der Waals surface area (Å²) in [4.78, 5) is 60.1. The predicted molar refractivity (Wildman–Crippen MR) is 281 cm³/mol. The molecule has 2 fully saturated rings. The number of rotatable bonds is 12. The molecule has 0 aliphatic carbocycles. The van der Waals surface area contributed by atoms with Gasteiger partial charge in [-0.3, -0.25) is 19.4 Å². The van der Waals surface area contributed by atoms with E-state index in [9.17, 15) is 24.3 Å². The fourth-order valence-electron chi connectivity index (χ4n) is 9.05. The molecule has 2 heterocycles. The van der Waals surface area contributed by atoms with E-state index >= 15 is 0 Å². The maximum atomic E-state index is 14.0. The maximum Gasteiger partial charge on any atom is 1.00 e. The van der Waals surface area contributed by atoms with Gasteiger partial charge in [0.25, 0.3) is 0 Å². The molecular formula is C60H65LiN4O8. The van der Waals surface area contributed by atoms with Crippen molar-refractivity contribution in [2.45, 2.75) is 56.3 Å². The Morgan fingerprint density at radius 1 is 0.548 bits per heavy atom. The van der Waals surface area contributed by atoms with Crippen molar-refractivity contribution >= 4 is 23.8 Å². The smallest absolute Gasteiger partial charge is 0.870 e. The Bertz CT molecular complexity index is 2670. The van der Waals surface area contributed by atoms with Crippen LogP contribution in [0.4, 0.5) is 0 Å². The SMILES string of the molecule is C.CN(CC#Cc1ccccc1)[C@H]1C[C@@H](C(=O)O)N(C(=O)C(c2ccccc2)c2ccccc2)C1.COC(=O)[C@@H]1C[C@H](N(C)CC#Cc2ccccc2)CN1C(=O)C(c1ccccc1)c1ccccc1.O.[Li+].[OH-]. The number of hydrogen-bond donors (Lipinski definition) is 1. The molecule has 0 spiro atoms. The van der Waals surface area contributed by atoms with E-state index in [-0.39, 0.29) is 67.1 Å². The van der Waals surface area contributed by atoms with Gasteiger partial charge >= 0.3 is 30.8 Å². The summed E-state index contributed by atoms with van der Waals surface area (Å²) in [6.45, 7) is 1.83. The second kappa shape index (κ2) is 29.9. The molecule has 73 heavy (non-hydrogen) atoms. The first-order valence-corrected chi connectivity index (χ1v) is 23.2. The molecule has 0 bridgehead atoms. The molecule has 13 heteroatoms. The van der Waals surface area contributed by atoms with Crippen molar-refractivity contribution in [2.75, 3.05) is 47.4 Å². The Kier molecular flexibility index (Phi) is 24.6. The summed E-state index contributed by atoms with van der Waals surface area (Å²) >= 11 is 0.